The van der Waals surface area contributed by atoms with Crippen LogP contribution < -0.4 is 10.2 Å². The third kappa shape index (κ3) is 4.85. The molecule has 0 aliphatic carbocycles. The molecule has 1 rings (SSSR count). The quantitative estimate of drug-likeness (QED) is 0.805. The summed E-state index contributed by atoms with van der Waals surface area (Å²) in [5, 5.41) is 12.3. The lowest BCUT2D eigenvalue weighted by Gasteiger charge is -2.24. The Bertz CT molecular complexity index is 458. The number of nitrogens with one attached hydrogen (secondary N) is 1. The van der Waals surface area contributed by atoms with Crippen LogP contribution in [0.1, 0.15) is 31.4 Å². The third-order valence-corrected chi connectivity index (χ3v) is 3.35. The van der Waals surface area contributed by atoms with Gasteiger partial charge in [-0.1, -0.05) is 31.5 Å². The predicted octanol–water partition coefficient (Wildman–Crippen LogP) is 2.58. The largest absolute Gasteiger partial charge is 0.480 e. The van der Waals surface area contributed by atoms with Gasteiger partial charge in [0.2, 0.25) is 0 Å². The summed E-state index contributed by atoms with van der Waals surface area (Å²) in [5.74, 6) is -0.785. The predicted molar refractivity (Wildman–Crippen MR) is 83.5 cm³/mol. The Labute approximate surface area is 121 Å². The van der Waals surface area contributed by atoms with Gasteiger partial charge in [-0.25, -0.2) is 0 Å². The smallest absolute Gasteiger partial charge is 0.320 e. The van der Waals surface area contributed by atoms with Crippen LogP contribution in [0.15, 0.2) is 18.2 Å². The van der Waals surface area contributed by atoms with Gasteiger partial charge < -0.3 is 15.3 Å². The number of carboxylic acids is 1. The van der Waals surface area contributed by atoms with Gasteiger partial charge in [0.25, 0.3) is 0 Å². The minimum atomic E-state index is -0.785. The number of nitrogens with zero attached hydrogens (tertiary/aromatic N) is 1. The van der Waals surface area contributed by atoms with Crippen molar-refractivity contribution in [2.24, 2.45) is 0 Å². The van der Waals surface area contributed by atoms with Crippen molar-refractivity contribution in [1.29, 1.82) is 0 Å². The Morgan fingerprint density at radius 2 is 2.00 bits per heavy atom. The highest BCUT2D eigenvalue weighted by Crippen LogP contribution is 2.20. The number of carboxylic acid groups (broad SMARTS) is 1. The van der Waals surface area contributed by atoms with Gasteiger partial charge in [0.15, 0.2) is 0 Å². The maximum absolute atomic E-state index is 11.2. The number of carbonyl (C=O) groups is 1. The van der Waals surface area contributed by atoms with Gasteiger partial charge in [-0.05, 0) is 31.9 Å². The molecule has 0 fully saturated rings. The molecule has 1 atom stereocenters. The summed E-state index contributed by atoms with van der Waals surface area (Å²) >= 11 is 0. The second-order valence-electron chi connectivity index (χ2n) is 5.71. The first-order chi connectivity index (χ1) is 9.31. The van der Waals surface area contributed by atoms with E-state index in [9.17, 15) is 9.90 Å². The van der Waals surface area contributed by atoms with E-state index in [1.54, 1.807) is 0 Å². The van der Waals surface area contributed by atoms with E-state index in [1.807, 2.05) is 20.9 Å². The molecule has 0 aliphatic heterocycles. The molecule has 0 saturated carbocycles. The van der Waals surface area contributed by atoms with Crippen molar-refractivity contribution in [2.45, 2.75) is 46.2 Å². The summed E-state index contributed by atoms with van der Waals surface area (Å²) in [7, 11) is 2.01. The molecule has 0 aromatic heterocycles. The third-order valence-electron chi connectivity index (χ3n) is 3.35. The molecule has 1 aromatic rings. The summed E-state index contributed by atoms with van der Waals surface area (Å²) in [6.45, 7) is 8.79. The first-order valence-corrected chi connectivity index (χ1v) is 7.08. The van der Waals surface area contributed by atoms with E-state index in [1.165, 1.54) is 11.1 Å². The molecule has 4 heteroatoms. The Hall–Kier alpha value is -1.55. The first-order valence-electron chi connectivity index (χ1n) is 7.08. The fraction of sp³-hybridized carbons (Fsp3) is 0.562. The van der Waals surface area contributed by atoms with Crippen LogP contribution in [0.2, 0.25) is 0 Å². The summed E-state index contributed by atoms with van der Waals surface area (Å²) in [6, 6.07) is 5.99. The lowest BCUT2D eigenvalue weighted by atomic mass is 10.1. The maximum atomic E-state index is 11.2. The Morgan fingerprint density at radius 3 is 2.50 bits per heavy atom. The number of rotatable bonds is 7. The number of hydrogen-bond acceptors (Lipinski definition) is 3. The van der Waals surface area contributed by atoms with Gasteiger partial charge in [-0.3, -0.25) is 4.79 Å². The van der Waals surface area contributed by atoms with E-state index in [0.29, 0.717) is 13.0 Å². The zero-order chi connectivity index (χ0) is 15.3. The fourth-order valence-electron chi connectivity index (χ4n) is 2.36. The van der Waals surface area contributed by atoms with Crippen molar-refractivity contribution in [1.82, 2.24) is 5.32 Å². The minimum absolute atomic E-state index is 0.169. The standard InChI is InChI=1S/C16H26N2O2/c1-11(2)17-14(16(19)20)8-9-18(5)15-7-6-12(3)10-13(15)4/h6-7,10-11,14,17H,8-9H2,1-5H3,(H,19,20). The molecule has 20 heavy (non-hydrogen) atoms. The minimum Gasteiger partial charge on any atom is -0.480 e. The highest BCUT2D eigenvalue weighted by Gasteiger charge is 2.18. The Morgan fingerprint density at radius 1 is 1.35 bits per heavy atom. The number of hydrogen-bond donors (Lipinski definition) is 2. The van der Waals surface area contributed by atoms with Crippen molar-refractivity contribution < 1.29 is 9.90 Å². The number of benzene rings is 1. The molecule has 0 radical (unpaired) electrons. The zero-order valence-electron chi connectivity index (χ0n) is 13.1. The SMILES string of the molecule is Cc1ccc(N(C)CCC(NC(C)C)C(=O)O)c(C)c1. The first kappa shape index (κ1) is 16.5. The monoisotopic (exact) mass is 278 g/mol. The normalized spacial score (nSPS) is 12.5. The molecule has 0 saturated heterocycles. The summed E-state index contributed by atoms with van der Waals surface area (Å²) in [4.78, 5) is 13.3. The van der Waals surface area contributed by atoms with E-state index in [4.69, 9.17) is 0 Å². The average molecular weight is 278 g/mol. The van der Waals surface area contributed by atoms with E-state index in [-0.39, 0.29) is 6.04 Å². The van der Waals surface area contributed by atoms with Gasteiger partial charge in [-0.2, -0.15) is 0 Å². The highest BCUT2D eigenvalue weighted by molar-refractivity contribution is 5.73. The number of anilines is 1. The van der Waals surface area contributed by atoms with Crippen LogP contribution in [0.3, 0.4) is 0 Å². The van der Waals surface area contributed by atoms with Gasteiger partial charge in [0, 0.05) is 25.3 Å². The van der Waals surface area contributed by atoms with Crippen LogP contribution in [0.25, 0.3) is 0 Å². The summed E-state index contributed by atoms with van der Waals surface area (Å²) in [5.41, 5.74) is 3.62. The van der Waals surface area contributed by atoms with Crippen LogP contribution in [0.5, 0.6) is 0 Å². The van der Waals surface area contributed by atoms with Crippen LogP contribution in [0.4, 0.5) is 5.69 Å². The average Bonchev–Trinajstić information content (AvgIpc) is 2.33. The van der Waals surface area contributed by atoms with Crippen molar-refractivity contribution in [3.63, 3.8) is 0 Å². The van der Waals surface area contributed by atoms with Crippen LogP contribution in [-0.2, 0) is 4.79 Å². The van der Waals surface area contributed by atoms with Crippen LogP contribution in [-0.4, -0.2) is 36.8 Å². The highest BCUT2D eigenvalue weighted by atomic mass is 16.4. The number of aliphatic carboxylic acids is 1. The molecule has 0 aliphatic rings. The second kappa shape index (κ2) is 7.29. The van der Waals surface area contributed by atoms with E-state index in [2.05, 4.69) is 42.3 Å². The topological polar surface area (TPSA) is 52.6 Å². The molecule has 0 bridgehead atoms. The molecule has 112 valence electrons. The van der Waals surface area contributed by atoms with E-state index < -0.39 is 12.0 Å². The lowest BCUT2D eigenvalue weighted by molar-refractivity contribution is -0.139. The lowest BCUT2D eigenvalue weighted by Crippen LogP contribution is -2.42. The maximum Gasteiger partial charge on any atom is 0.320 e. The number of aryl methyl sites for hydroxylation is 2. The molecule has 4 nitrogen and oxygen atoms in total. The molecule has 0 spiro atoms. The molecule has 1 unspecified atom stereocenters. The molecule has 2 N–H and O–H groups in total. The molecule has 1 aromatic carbocycles. The second-order valence-corrected chi connectivity index (χ2v) is 5.71. The van der Waals surface area contributed by atoms with Crippen molar-refractivity contribution in [2.75, 3.05) is 18.5 Å². The summed E-state index contributed by atoms with van der Waals surface area (Å²) < 4.78 is 0. The van der Waals surface area contributed by atoms with Crippen LogP contribution >= 0.6 is 0 Å². The Balaban J connectivity index is 2.65. The Kier molecular flexibility index (Phi) is 6.02. The fourth-order valence-corrected chi connectivity index (χ4v) is 2.36. The molecular formula is C16H26N2O2. The molecule has 0 amide bonds. The van der Waals surface area contributed by atoms with Crippen LogP contribution in [0, 0.1) is 13.8 Å². The van der Waals surface area contributed by atoms with Crippen molar-refractivity contribution in [3.05, 3.63) is 29.3 Å². The van der Waals surface area contributed by atoms with E-state index >= 15 is 0 Å². The van der Waals surface area contributed by atoms with E-state index in [0.717, 1.165) is 5.69 Å². The van der Waals surface area contributed by atoms with Gasteiger partial charge in [-0.15, -0.1) is 0 Å². The van der Waals surface area contributed by atoms with Gasteiger partial charge in [0.05, 0.1) is 0 Å². The summed E-state index contributed by atoms with van der Waals surface area (Å²) in [6.07, 6.45) is 0.581. The molecular weight excluding hydrogens is 252 g/mol. The molecule has 0 heterocycles. The van der Waals surface area contributed by atoms with Crippen molar-refractivity contribution >= 4 is 11.7 Å². The van der Waals surface area contributed by atoms with Crippen molar-refractivity contribution in [3.8, 4) is 0 Å². The van der Waals surface area contributed by atoms with Gasteiger partial charge >= 0.3 is 5.97 Å². The van der Waals surface area contributed by atoms with Gasteiger partial charge in [0.1, 0.15) is 6.04 Å². The zero-order valence-corrected chi connectivity index (χ0v) is 13.1.